The van der Waals surface area contributed by atoms with Crippen LogP contribution in [-0.2, 0) is 10.2 Å². The molecule has 1 aromatic heterocycles. The van der Waals surface area contributed by atoms with Crippen LogP contribution >= 0.6 is 11.3 Å². The second-order valence-corrected chi connectivity index (χ2v) is 6.92. The third-order valence-electron chi connectivity index (χ3n) is 3.90. The Balaban J connectivity index is 1.88. The molecule has 0 unspecified atom stereocenters. The molecule has 0 saturated heterocycles. The first kappa shape index (κ1) is 14.7. The van der Waals surface area contributed by atoms with E-state index in [9.17, 15) is 4.79 Å². The summed E-state index contributed by atoms with van der Waals surface area (Å²) in [5, 5.41) is 3.62. The van der Waals surface area contributed by atoms with Crippen molar-refractivity contribution in [3.05, 3.63) is 59.7 Å². The summed E-state index contributed by atoms with van der Waals surface area (Å²) < 4.78 is 1.09. The summed E-state index contributed by atoms with van der Waals surface area (Å²) in [5.74, 6) is -0.0459. The number of fused-ring (bicyclic) bond motifs is 1. The number of rotatable bonds is 3. The first-order valence-corrected chi connectivity index (χ1v) is 8.03. The van der Waals surface area contributed by atoms with Crippen molar-refractivity contribution in [1.82, 2.24) is 4.98 Å². The minimum absolute atomic E-state index is 0.0459. The maximum atomic E-state index is 12.7. The maximum Gasteiger partial charge on any atom is 0.236 e. The zero-order valence-electron chi connectivity index (χ0n) is 12.9. The van der Waals surface area contributed by atoms with Crippen LogP contribution in [0.2, 0.25) is 0 Å². The van der Waals surface area contributed by atoms with Crippen molar-refractivity contribution in [1.29, 1.82) is 0 Å². The number of nitrogens with zero attached hydrogens (tertiary/aromatic N) is 1. The molecule has 0 aliphatic heterocycles. The van der Waals surface area contributed by atoms with Gasteiger partial charge < -0.3 is 5.32 Å². The Morgan fingerprint density at radius 1 is 1.09 bits per heavy atom. The van der Waals surface area contributed by atoms with E-state index in [0.717, 1.165) is 21.3 Å². The normalized spacial score (nSPS) is 11.6. The molecule has 3 aromatic rings. The fourth-order valence-corrected chi connectivity index (χ4v) is 3.32. The minimum atomic E-state index is -0.603. The Kier molecular flexibility index (Phi) is 3.71. The molecule has 0 fully saturated rings. The number of hydrogen-bond donors (Lipinski definition) is 1. The molecule has 0 atom stereocenters. The number of hydrogen-bond acceptors (Lipinski definition) is 3. The second kappa shape index (κ2) is 5.54. The quantitative estimate of drug-likeness (QED) is 0.772. The predicted octanol–water partition coefficient (Wildman–Crippen LogP) is 4.52. The molecule has 3 nitrogen and oxygen atoms in total. The molecule has 22 heavy (non-hydrogen) atoms. The van der Waals surface area contributed by atoms with E-state index in [1.165, 1.54) is 11.3 Å². The lowest BCUT2D eigenvalue weighted by Crippen LogP contribution is -2.34. The Morgan fingerprint density at radius 2 is 1.82 bits per heavy atom. The lowest BCUT2D eigenvalue weighted by molar-refractivity contribution is -0.120. The van der Waals surface area contributed by atoms with Crippen molar-refractivity contribution in [3.8, 4) is 0 Å². The van der Waals surface area contributed by atoms with Gasteiger partial charge >= 0.3 is 0 Å². The average Bonchev–Trinajstić information content (AvgIpc) is 2.92. The lowest BCUT2D eigenvalue weighted by Gasteiger charge is -2.23. The summed E-state index contributed by atoms with van der Waals surface area (Å²) in [6.45, 7) is 5.88. The van der Waals surface area contributed by atoms with Gasteiger partial charge in [-0.25, -0.2) is 4.98 Å². The van der Waals surface area contributed by atoms with Crippen LogP contribution in [0.25, 0.3) is 10.2 Å². The molecular weight excluding hydrogens is 292 g/mol. The standard InChI is InChI=1S/C18H18N2OS/c1-12-8-7-11-14-15(12)19-17(22-14)20-16(21)18(2,3)13-9-5-4-6-10-13/h4-11H,1-3H3,(H,19,20,21). The largest absolute Gasteiger partial charge is 0.301 e. The van der Waals surface area contributed by atoms with Crippen molar-refractivity contribution in [2.24, 2.45) is 0 Å². The van der Waals surface area contributed by atoms with Crippen molar-refractivity contribution in [3.63, 3.8) is 0 Å². The number of para-hydroxylation sites is 1. The lowest BCUT2D eigenvalue weighted by atomic mass is 9.84. The molecule has 0 radical (unpaired) electrons. The molecular formula is C18H18N2OS. The number of carbonyl (C=O) groups excluding carboxylic acids is 1. The Hall–Kier alpha value is -2.20. The number of carbonyl (C=O) groups is 1. The third-order valence-corrected chi connectivity index (χ3v) is 4.84. The third kappa shape index (κ3) is 2.62. The molecule has 0 spiro atoms. The predicted molar refractivity (Wildman–Crippen MR) is 92.5 cm³/mol. The van der Waals surface area contributed by atoms with E-state index < -0.39 is 5.41 Å². The molecule has 0 aliphatic rings. The van der Waals surface area contributed by atoms with Crippen LogP contribution in [-0.4, -0.2) is 10.9 Å². The van der Waals surface area contributed by atoms with Gasteiger partial charge in [-0.1, -0.05) is 53.8 Å². The van der Waals surface area contributed by atoms with Gasteiger partial charge in [0.2, 0.25) is 5.91 Å². The van der Waals surface area contributed by atoms with Crippen molar-refractivity contribution in [2.45, 2.75) is 26.2 Å². The van der Waals surface area contributed by atoms with E-state index >= 15 is 0 Å². The SMILES string of the molecule is Cc1cccc2sc(NC(=O)C(C)(C)c3ccccc3)nc12. The summed E-state index contributed by atoms with van der Waals surface area (Å²) in [6.07, 6.45) is 0. The highest BCUT2D eigenvalue weighted by Crippen LogP contribution is 2.30. The van der Waals surface area contributed by atoms with Gasteiger partial charge in [-0.3, -0.25) is 4.79 Å². The van der Waals surface area contributed by atoms with E-state index in [1.807, 2.05) is 69.3 Å². The maximum absolute atomic E-state index is 12.7. The van der Waals surface area contributed by atoms with Crippen molar-refractivity contribution >= 4 is 32.6 Å². The van der Waals surface area contributed by atoms with Gasteiger partial charge in [0.1, 0.15) is 0 Å². The Labute approximate surface area is 134 Å². The molecule has 1 amide bonds. The molecule has 112 valence electrons. The van der Waals surface area contributed by atoms with Gasteiger partial charge in [-0.05, 0) is 38.0 Å². The topological polar surface area (TPSA) is 42.0 Å². The van der Waals surface area contributed by atoms with E-state index in [2.05, 4.69) is 10.3 Å². The van der Waals surface area contributed by atoms with Crippen LogP contribution in [0.15, 0.2) is 48.5 Å². The molecule has 3 rings (SSSR count). The second-order valence-electron chi connectivity index (χ2n) is 5.89. The highest BCUT2D eigenvalue weighted by molar-refractivity contribution is 7.22. The summed E-state index contributed by atoms with van der Waals surface area (Å²) in [7, 11) is 0. The number of nitrogens with one attached hydrogen (secondary N) is 1. The van der Waals surface area contributed by atoms with Gasteiger partial charge in [0.15, 0.2) is 5.13 Å². The minimum Gasteiger partial charge on any atom is -0.301 e. The summed E-state index contributed by atoms with van der Waals surface area (Å²) in [4.78, 5) is 17.2. The van der Waals surface area contributed by atoms with Crippen LogP contribution in [0.1, 0.15) is 25.0 Å². The smallest absolute Gasteiger partial charge is 0.236 e. The van der Waals surface area contributed by atoms with Gasteiger partial charge in [-0.15, -0.1) is 0 Å². The highest BCUT2D eigenvalue weighted by Gasteiger charge is 2.30. The Bertz CT molecular complexity index is 821. The molecule has 0 aliphatic carbocycles. The van der Waals surface area contributed by atoms with Crippen LogP contribution in [0, 0.1) is 6.92 Å². The van der Waals surface area contributed by atoms with Gasteiger partial charge in [0.25, 0.3) is 0 Å². The monoisotopic (exact) mass is 310 g/mol. The van der Waals surface area contributed by atoms with E-state index in [4.69, 9.17) is 0 Å². The summed E-state index contributed by atoms with van der Waals surface area (Å²) in [6, 6.07) is 15.9. The molecule has 4 heteroatoms. The van der Waals surface area contributed by atoms with Crippen molar-refractivity contribution in [2.75, 3.05) is 5.32 Å². The van der Waals surface area contributed by atoms with Crippen LogP contribution in [0.3, 0.4) is 0 Å². The van der Waals surface area contributed by atoms with Crippen LogP contribution in [0.4, 0.5) is 5.13 Å². The van der Waals surface area contributed by atoms with E-state index in [1.54, 1.807) is 0 Å². The van der Waals surface area contributed by atoms with Gasteiger partial charge in [0.05, 0.1) is 15.6 Å². The first-order chi connectivity index (χ1) is 10.5. The number of thiazole rings is 1. The molecule has 1 heterocycles. The average molecular weight is 310 g/mol. The van der Waals surface area contributed by atoms with Crippen molar-refractivity contribution < 1.29 is 4.79 Å². The zero-order chi connectivity index (χ0) is 15.7. The fourth-order valence-electron chi connectivity index (χ4n) is 2.38. The molecule has 2 aromatic carbocycles. The number of benzene rings is 2. The zero-order valence-corrected chi connectivity index (χ0v) is 13.7. The van der Waals surface area contributed by atoms with E-state index in [0.29, 0.717) is 5.13 Å². The highest BCUT2D eigenvalue weighted by atomic mass is 32.1. The summed E-state index contributed by atoms with van der Waals surface area (Å²) >= 11 is 1.51. The Morgan fingerprint density at radius 3 is 2.50 bits per heavy atom. The van der Waals surface area contributed by atoms with Crippen LogP contribution < -0.4 is 5.32 Å². The number of amides is 1. The van der Waals surface area contributed by atoms with E-state index in [-0.39, 0.29) is 5.91 Å². The van der Waals surface area contributed by atoms with Gasteiger partial charge in [-0.2, -0.15) is 0 Å². The number of aromatic nitrogens is 1. The molecule has 0 saturated carbocycles. The van der Waals surface area contributed by atoms with Crippen LogP contribution in [0.5, 0.6) is 0 Å². The van der Waals surface area contributed by atoms with Gasteiger partial charge in [0, 0.05) is 0 Å². The summed E-state index contributed by atoms with van der Waals surface area (Å²) in [5.41, 5.74) is 2.47. The first-order valence-electron chi connectivity index (χ1n) is 7.21. The number of aryl methyl sites for hydroxylation is 1. The molecule has 0 bridgehead atoms. The fraction of sp³-hybridized carbons (Fsp3) is 0.222. The number of anilines is 1. The molecule has 1 N–H and O–H groups in total.